The van der Waals surface area contributed by atoms with Crippen molar-refractivity contribution in [3.63, 3.8) is 0 Å². The maximum Gasteiger partial charge on any atom is 0.218 e. The molecular weight excluding hydrogens is 285 g/mol. The smallest absolute Gasteiger partial charge is 0.218 e. The van der Waals surface area contributed by atoms with Crippen LogP contribution in [0.15, 0.2) is 48.5 Å². The first kappa shape index (κ1) is 15.8. The Bertz CT molecular complexity index is 611. The number of benzene rings is 2. The zero-order chi connectivity index (χ0) is 15.2. The lowest BCUT2D eigenvalue weighted by molar-refractivity contribution is 0.307. The molecule has 0 aromatic heterocycles. The standard InChI is InChI=1S/C16H20NO3P/c1-12(17)10-13-6-8-15(9-7-13)20-11-14-4-2-3-5-16(14)21(18)19/h2-9,12,21H,10-11,17H2,1H3,(H,18,19)/t12-/m1/s1. The highest BCUT2D eigenvalue weighted by Crippen LogP contribution is 2.19. The fraction of sp³-hybridized carbons (Fsp3) is 0.250. The monoisotopic (exact) mass is 305 g/mol. The van der Waals surface area contributed by atoms with Gasteiger partial charge in [0.25, 0.3) is 0 Å². The van der Waals surface area contributed by atoms with E-state index in [0.29, 0.717) is 5.30 Å². The van der Waals surface area contributed by atoms with Crippen LogP contribution in [0.4, 0.5) is 0 Å². The summed E-state index contributed by atoms with van der Waals surface area (Å²) < 4.78 is 17.0. The molecule has 0 saturated heterocycles. The van der Waals surface area contributed by atoms with Crippen LogP contribution in [0.3, 0.4) is 0 Å². The molecule has 21 heavy (non-hydrogen) atoms. The second-order valence-electron chi connectivity index (χ2n) is 5.08. The van der Waals surface area contributed by atoms with Crippen LogP contribution in [0, 0.1) is 0 Å². The molecule has 0 radical (unpaired) electrons. The van der Waals surface area contributed by atoms with Crippen LogP contribution < -0.4 is 15.8 Å². The first-order valence-corrected chi connectivity index (χ1v) is 8.20. The predicted molar refractivity (Wildman–Crippen MR) is 85.4 cm³/mol. The largest absolute Gasteiger partial charge is 0.489 e. The molecule has 2 aromatic carbocycles. The van der Waals surface area contributed by atoms with E-state index in [4.69, 9.17) is 10.5 Å². The van der Waals surface area contributed by atoms with Crippen molar-refractivity contribution in [1.29, 1.82) is 0 Å². The first-order valence-electron chi connectivity index (χ1n) is 6.85. The highest BCUT2D eigenvalue weighted by atomic mass is 31.1. The highest BCUT2D eigenvalue weighted by molar-refractivity contribution is 7.47. The summed E-state index contributed by atoms with van der Waals surface area (Å²) in [6.07, 6.45) is 0.829. The van der Waals surface area contributed by atoms with Gasteiger partial charge in [-0.2, -0.15) is 0 Å². The van der Waals surface area contributed by atoms with Crippen molar-refractivity contribution < 1.29 is 14.2 Å². The summed E-state index contributed by atoms with van der Waals surface area (Å²) in [7, 11) is -2.71. The summed E-state index contributed by atoms with van der Waals surface area (Å²) in [6, 6.07) is 14.9. The minimum atomic E-state index is -2.71. The van der Waals surface area contributed by atoms with Crippen LogP contribution in [-0.4, -0.2) is 10.9 Å². The number of rotatable bonds is 6. The van der Waals surface area contributed by atoms with Crippen molar-refractivity contribution in [2.75, 3.05) is 0 Å². The van der Waals surface area contributed by atoms with Gasteiger partial charge >= 0.3 is 0 Å². The molecule has 2 aromatic rings. The van der Waals surface area contributed by atoms with E-state index >= 15 is 0 Å². The van der Waals surface area contributed by atoms with Gasteiger partial charge in [-0.05, 0) is 37.1 Å². The van der Waals surface area contributed by atoms with E-state index in [9.17, 15) is 9.46 Å². The summed E-state index contributed by atoms with van der Waals surface area (Å²) in [5.41, 5.74) is 7.66. The average Bonchev–Trinajstić information content (AvgIpc) is 2.46. The van der Waals surface area contributed by atoms with Crippen molar-refractivity contribution in [3.8, 4) is 5.75 Å². The Hall–Kier alpha value is -1.61. The SMILES string of the molecule is C[C@@H](N)Cc1ccc(OCc2ccccc2[PH](=O)O)cc1. The zero-order valence-electron chi connectivity index (χ0n) is 12.0. The summed E-state index contributed by atoms with van der Waals surface area (Å²) >= 11 is 0. The van der Waals surface area contributed by atoms with Gasteiger partial charge in [0.05, 0.1) is 0 Å². The van der Waals surface area contributed by atoms with Gasteiger partial charge in [-0.3, -0.25) is 4.57 Å². The lowest BCUT2D eigenvalue weighted by atomic mass is 10.1. The molecule has 0 spiro atoms. The third-order valence-electron chi connectivity index (χ3n) is 3.12. The van der Waals surface area contributed by atoms with Crippen molar-refractivity contribution >= 4 is 13.3 Å². The van der Waals surface area contributed by atoms with Gasteiger partial charge in [-0.1, -0.05) is 30.3 Å². The van der Waals surface area contributed by atoms with Crippen molar-refractivity contribution in [2.24, 2.45) is 5.73 Å². The lowest BCUT2D eigenvalue weighted by Crippen LogP contribution is -2.17. The van der Waals surface area contributed by atoms with Gasteiger partial charge in [0, 0.05) is 16.9 Å². The Morgan fingerprint density at radius 3 is 2.48 bits per heavy atom. The van der Waals surface area contributed by atoms with Gasteiger partial charge in [0.1, 0.15) is 12.4 Å². The third kappa shape index (κ3) is 4.71. The fourth-order valence-electron chi connectivity index (χ4n) is 2.11. The molecule has 2 rings (SSSR count). The highest BCUT2D eigenvalue weighted by Gasteiger charge is 2.07. The number of hydrogen-bond donors (Lipinski definition) is 2. The van der Waals surface area contributed by atoms with Crippen molar-refractivity contribution in [3.05, 3.63) is 59.7 Å². The van der Waals surface area contributed by atoms with E-state index in [0.717, 1.165) is 23.3 Å². The summed E-state index contributed by atoms with van der Waals surface area (Å²) in [5.74, 6) is 0.732. The van der Waals surface area contributed by atoms with Gasteiger partial charge in [-0.15, -0.1) is 0 Å². The molecule has 0 aliphatic carbocycles. The van der Waals surface area contributed by atoms with Crippen LogP contribution in [0.5, 0.6) is 5.75 Å². The van der Waals surface area contributed by atoms with E-state index in [2.05, 4.69) is 0 Å². The Kier molecular flexibility index (Phi) is 5.57. The van der Waals surface area contributed by atoms with Crippen LogP contribution >= 0.6 is 8.03 Å². The zero-order valence-corrected chi connectivity index (χ0v) is 13.0. The second-order valence-corrected chi connectivity index (χ2v) is 6.23. The molecule has 0 aliphatic heterocycles. The van der Waals surface area contributed by atoms with Gasteiger partial charge in [0.2, 0.25) is 8.03 Å². The maximum atomic E-state index is 11.3. The van der Waals surface area contributed by atoms with Crippen LogP contribution in [0.2, 0.25) is 0 Å². The Morgan fingerprint density at radius 1 is 1.19 bits per heavy atom. The molecule has 1 unspecified atom stereocenters. The molecule has 112 valence electrons. The quantitative estimate of drug-likeness (QED) is 0.803. The summed E-state index contributed by atoms with van der Waals surface area (Å²) in [5, 5.41) is 0.455. The van der Waals surface area contributed by atoms with Crippen LogP contribution in [-0.2, 0) is 17.6 Å². The number of nitrogens with two attached hydrogens (primary N) is 1. The topological polar surface area (TPSA) is 72.5 Å². The van der Waals surface area contributed by atoms with Crippen LogP contribution in [0.25, 0.3) is 0 Å². The van der Waals surface area contributed by atoms with E-state index < -0.39 is 8.03 Å². The number of hydrogen-bond acceptors (Lipinski definition) is 3. The summed E-state index contributed by atoms with van der Waals surface area (Å²) in [4.78, 5) is 9.30. The molecule has 0 fully saturated rings. The first-order chi connectivity index (χ1) is 10.1. The van der Waals surface area contributed by atoms with Crippen molar-refractivity contribution in [2.45, 2.75) is 26.0 Å². The van der Waals surface area contributed by atoms with Gasteiger partial charge in [-0.25, -0.2) is 0 Å². The fourth-order valence-corrected chi connectivity index (χ4v) is 2.78. The van der Waals surface area contributed by atoms with Crippen LogP contribution in [0.1, 0.15) is 18.1 Å². The Morgan fingerprint density at radius 2 is 1.86 bits per heavy atom. The van der Waals surface area contributed by atoms with Gasteiger partial charge in [0.15, 0.2) is 0 Å². The third-order valence-corrected chi connectivity index (χ3v) is 4.07. The normalized spacial score (nSPS) is 13.7. The minimum absolute atomic E-state index is 0.130. The molecule has 0 bridgehead atoms. The van der Waals surface area contributed by atoms with E-state index in [1.54, 1.807) is 18.2 Å². The summed E-state index contributed by atoms with van der Waals surface area (Å²) in [6.45, 7) is 2.25. The van der Waals surface area contributed by atoms with Gasteiger partial charge < -0.3 is 15.4 Å². The Labute approximate surface area is 125 Å². The molecule has 0 amide bonds. The molecule has 2 atom stereocenters. The van der Waals surface area contributed by atoms with Crippen molar-refractivity contribution in [1.82, 2.24) is 0 Å². The predicted octanol–water partition coefficient (Wildman–Crippen LogP) is 2.25. The molecule has 0 saturated carbocycles. The molecule has 5 heteroatoms. The molecule has 0 aliphatic rings. The Balaban J connectivity index is 2.02. The minimum Gasteiger partial charge on any atom is -0.489 e. The van der Waals surface area contributed by atoms with E-state index in [-0.39, 0.29) is 12.6 Å². The second kappa shape index (κ2) is 7.41. The molecular formula is C16H20NO3P. The van der Waals surface area contributed by atoms with E-state index in [1.807, 2.05) is 37.3 Å². The van der Waals surface area contributed by atoms with E-state index in [1.165, 1.54) is 0 Å². The lowest BCUT2D eigenvalue weighted by Gasteiger charge is -2.10. The maximum absolute atomic E-state index is 11.3. The molecule has 0 heterocycles. The molecule has 3 N–H and O–H groups in total. The number of ether oxygens (including phenoxy) is 1. The molecule has 4 nitrogen and oxygen atoms in total. The average molecular weight is 305 g/mol.